The molecule has 5 aliphatic heterocycles. The van der Waals surface area contributed by atoms with Crippen LogP contribution in [0.25, 0.3) is 0 Å². The smallest absolute Gasteiger partial charge is 0.870 e. The normalized spacial score (nSPS) is 18.4. The Morgan fingerprint density at radius 1 is 0.496 bits per heavy atom. The monoisotopic (exact) mass is 2600 g/mol. The van der Waals surface area contributed by atoms with Gasteiger partial charge in [-0.25, -0.2) is 0 Å². The molecule has 640 valence electrons. The molecule has 11 aromatic rings. The van der Waals surface area contributed by atoms with Crippen molar-refractivity contribution in [3.8, 4) is 23.0 Å². The maximum atomic E-state index is 11.8. The zero-order valence-electron chi connectivity index (χ0n) is 68.6. The van der Waals surface area contributed by atoms with Crippen molar-refractivity contribution in [1.29, 1.82) is 0 Å². The van der Waals surface area contributed by atoms with Crippen LogP contribution in [0.15, 0.2) is 274 Å². The number of aldehydes is 1. The van der Waals surface area contributed by atoms with E-state index in [0.717, 1.165) is 34.4 Å². The Morgan fingerprint density at radius 2 is 0.805 bits per heavy atom. The summed E-state index contributed by atoms with van der Waals surface area (Å²) in [5, 5.41) is 52.5. The molecule has 4 unspecified atom stereocenters. The molecule has 5 fully saturated rings. The van der Waals surface area contributed by atoms with E-state index in [2.05, 4.69) is 48.3 Å². The molecule has 7 aromatic heterocycles. The number of allylic oxidation sites excluding steroid dienone is 1. The first-order valence-corrected chi connectivity index (χ1v) is 35.7. The predicted molar refractivity (Wildman–Crippen MR) is 425 cm³/mol. The number of benzene rings is 4. The number of rotatable bonds is 19. The summed E-state index contributed by atoms with van der Waals surface area (Å²) in [5.41, 5.74) is 8.47. The molecule has 11 N–H and O–H groups in total. The first-order valence-electron chi connectivity index (χ1n) is 35.3. The van der Waals surface area contributed by atoms with Gasteiger partial charge in [-0.05, 0) is 214 Å². The fourth-order valence-electron chi connectivity index (χ4n) is 10.3. The number of methoxy groups -OCH3 is 6. The van der Waals surface area contributed by atoms with Gasteiger partial charge in [-0.2, -0.15) is 0 Å². The zero-order valence-corrected chi connectivity index (χ0v) is 91.4. The Labute approximate surface area is 898 Å². The third-order valence-electron chi connectivity index (χ3n) is 16.8. The van der Waals surface area contributed by atoms with Gasteiger partial charge >= 0.3 is 51.4 Å². The van der Waals surface area contributed by atoms with Crippen LogP contribution in [0, 0.1) is 176 Å². The largest absolute Gasteiger partial charge is 1.00 e. The number of furan rings is 7. The van der Waals surface area contributed by atoms with E-state index < -0.39 is 60.2 Å². The summed E-state index contributed by atoms with van der Waals surface area (Å²) in [4.78, 5) is 82.5. The minimum absolute atomic E-state index is 0. The number of anilines is 3. The molecule has 34 nitrogen and oxygen atoms in total. The second kappa shape index (κ2) is 60.0. The second-order valence-electron chi connectivity index (χ2n) is 25.0. The van der Waals surface area contributed by atoms with Crippen molar-refractivity contribution in [3.63, 3.8) is 0 Å². The van der Waals surface area contributed by atoms with Crippen molar-refractivity contribution in [2.45, 2.75) is 87.3 Å². The fraction of sp³-hybridized carbons (Fsp3) is 0.253. The molecule has 5 aliphatic rings. The minimum atomic E-state index is -1.05. The summed E-state index contributed by atoms with van der Waals surface area (Å²) in [6, 6.07) is 51.5. The van der Waals surface area contributed by atoms with E-state index in [1.807, 2.05) is 48.5 Å². The number of aliphatic hydroxyl groups excluding tert-OH is 5. The van der Waals surface area contributed by atoms with Gasteiger partial charge in [-0.3, -0.25) is 48.4 Å². The molecule has 123 heavy (non-hydrogen) atoms. The van der Waals surface area contributed by atoms with Gasteiger partial charge in [0.25, 0.3) is 29.5 Å². The van der Waals surface area contributed by atoms with E-state index in [4.69, 9.17) is 76.0 Å². The fourth-order valence-corrected chi connectivity index (χ4v) is 10.3. The molecule has 5 saturated heterocycles. The summed E-state index contributed by atoms with van der Waals surface area (Å²) >= 11 is 4.57. The van der Waals surface area contributed by atoms with Crippen LogP contribution in [0.1, 0.15) is 96.1 Å². The van der Waals surface area contributed by atoms with Crippen molar-refractivity contribution in [2.75, 3.05) is 64.8 Å². The molecule has 12 heterocycles. The minimum Gasteiger partial charge on any atom is -0.870 e. The first kappa shape index (κ1) is 115. The molecule has 0 saturated carbocycles. The summed E-state index contributed by atoms with van der Waals surface area (Å²) in [7, 11) is 9.58. The van der Waals surface area contributed by atoms with Gasteiger partial charge in [-0.15, -0.1) is 0 Å². The van der Waals surface area contributed by atoms with E-state index in [1.54, 1.807) is 216 Å². The van der Waals surface area contributed by atoms with Crippen molar-refractivity contribution in [1.82, 2.24) is 16.0 Å². The molecule has 4 radical (unpaired) electrons. The van der Waals surface area contributed by atoms with Gasteiger partial charge in [0, 0.05) is 200 Å². The van der Waals surface area contributed by atoms with Crippen molar-refractivity contribution < 1.29 is 356 Å². The van der Waals surface area contributed by atoms with Gasteiger partial charge in [0.05, 0.1) is 97.1 Å². The van der Waals surface area contributed by atoms with Gasteiger partial charge in [-0.1, -0.05) is 6.58 Å². The number of nitrogens with one attached hydrogen (secondary N) is 3. The molecule has 16 rings (SSSR count). The van der Waals surface area contributed by atoms with Crippen LogP contribution in [0.5, 0.6) is 23.0 Å². The molecule has 0 spiro atoms. The zero-order chi connectivity index (χ0) is 85.1. The SMILES string of the molecule is C=C(C)OC.COC(C)(C)OC1C(=O)N[C@H]1c1ccco1.COc1ccc(N)cc1.COc1ccc(N2C(=O)C(O)[C@@H]2c2ccco2)cc1.COc1ccc(N2C(=O)C(O)[C@@H]2c2ccco2)cc1.COc1ccc(N=Cc2ccco2)cc1.O=C(Cl)CO.O=C1N[C@@H](c2ccco2)C1O.O=C1N[C@@H](c2ccco2)[C@H]1O.O=Cc1ccco1.[Ac].[Ac].[Ac].[Ac].[K+].[OH-]. The number of carbonyl (C=O) groups is 7. The Balaban J connectivity index is 0.000000696. The summed E-state index contributed by atoms with van der Waals surface area (Å²) in [6.07, 6.45) is 8.52. The molecule has 0 aliphatic carbocycles. The van der Waals surface area contributed by atoms with E-state index in [9.17, 15) is 43.8 Å². The predicted octanol–water partition coefficient (Wildman–Crippen LogP) is 7.46. The topological polar surface area (TPSA) is 488 Å². The number of halogens is 1. The number of nitrogens with zero attached hydrogens (tertiary/aromatic N) is 3. The van der Waals surface area contributed by atoms with Crippen LogP contribution in [0.3, 0.4) is 0 Å². The Bertz CT molecular complexity index is 4630. The maximum absolute atomic E-state index is 11.8. The molecule has 40 heteroatoms. The Hall–Kier alpha value is -5.89. The van der Waals surface area contributed by atoms with E-state index in [0.29, 0.717) is 63.7 Å². The van der Waals surface area contributed by atoms with Crippen molar-refractivity contribution in [2.24, 2.45) is 4.99 Å². The maximum Gasteiger partial charge on any atom is 1.00 e. The van der Waals surface area contributed by atoms with Gasteiger partial charge in [0.15, 0.2) is 48.4 Å². The number of aliphatic hydroxyl groups is 5. The number of aliphatic imine (C=N–C) groups is 1. The molecular formula is C83H91Ac4ClKN7O27. The molecule has 4 aromatic carbocycles. The van der Waals surface area contributed by atoms with Crippen LogP contribution >= 0.6 is 11.6 Å². The van der Waals surface area contributed by atoms with Crippen molar-refractivity contribution in [3.05, 3.63) is 278 Å². The van der Waals surface area contributed by atoms with E-state index >= 15 is 0 Å². The molecule has 0 bridgehead atoms. The van der Waals surface area contributed by atoms with Crippen LogP contribution in [0.2, 0.25) is 0 Å². The number of hydrogen-bond donors (Lipinski definition) is 9. The molecule has 5 amide bonds. The summed E-state index contributed by atoms with van der Waals surface area (Å²) in [5.74, 6) is 5.72. The average molecular weight is 2600 g/mol. The number of ether oxygens (including phenoxy) is 7. The average Bonchev–Trinajstić information content (AvgIpc) is 1.75. The summed E-state index contributed by atoms with van der Waals surface area (Å²) < 4.78 is 70.9. The van der Waals surface area contributed by atoms with E-state index in [1.165, 1.54) is 41.1 Å². The standard InChI is InChI=1S/2C14H13NO4.C12H11NO2.C11H15NO4.2C7H7NO3.C7H9NO.C5H4O2.C4H8O.C2H3ClO2.4Ac.K.H2O/c2*1-18-10-6-4-9(5-7-10)15-12(13(16)14(15)17)11-3-2-8-19-11;1-14-11-6-4-10(5-7-11)13-9-12-3-2-8-15-12;1-11(2,14-3)16-9-8(12-10(9)13)7-5-4-6-15-7;2*9-6-5(8-7(6)10)4-2-1-3-11-4;1-9-7-4-2-6(8)3-5-7;6-4-5-2-1-3-7-5;1-4(2)5-3;3-2(5)1-4;;;;;;/h2*2-8,12-13,16H,1H3;2-9H,1H3;4-6,8-9H,1-3H3,(H,12,13);2*1-3,5-6,9H,(H,8,10);2-5H,8H2,1H3;1-4H;1H2,2-3H3;4H,1H2;;;;;;1H2/q;;;;;;;;;;;;;;+1;/p-1/t2*12-,13?;;8-,9?;5-,6?;5-,6+;;;;;;;;;;/m00.000........../s1. The van der Waals surface area contributed by atoms with E-state index in [-0.39, 0.29) is 281 Å². The van der Waals surface area contributed by atoms with Gasteiger partial charge in [0.2, 0.25) is 5.24 Å². The Morgan fingerprint density at radius 3 is 1.07 bits per heavy atom. The van der Waals surface area contributed by atoms with Crippen LogP contribution in [0.4, 0.5) is 22.7 Å². The number of hydrogen-bond acceptors (Lipinski definition) is 29. The summed E-state index contributed by atoms with van der Waals surface area (Å²) in [6.45, 7) is 8.21. The molecular weight excluding hydrogens is 2510 g/mol. The third kappa shape index (κ3) is 35.6. The number of nitrogens with two attached hydrogens (primary N) is 1. The Kier molecular flexibility index (Phi) is 56.2. The molecule has 10 atom stereocenters. The third-order valence-corrected chi connectivity index (χ3v) is 16.9. The quantitative estimate of drug-likeness (QED) is 0.00554. The number of amides is 5. The van der Waals surface area contributed by atoms with Crippen LogP contribution < -0.4 is 102 Å². The first-order chi connectivity index (χ1) is 56.2. The van der Waals surface area contributed by atoms with Gasteiger partial charge < -0.3 is 117 Å². The van der Waals surface area contributed by atoms with Crippen LogP contribution in [-0.2, 0) is 43.0 Å². The van der Waals surface area contributed by atoms with Gasteiger partial charge in [0.1, 0.15) is 94.4 Å². The number of carbonyl (C=O) groups excluding carboxylic acids is 7. The number of nitrogen functional groups attached to an aromatic ring is 1. The number of β-lactam (4-membered cyclic amide) rings is 5. The van der Waals surface area contributed by atoms with Crippen molar-refractivity contribution >= 4 is 81.6 Å². The second-order valence-corrected chi connectivity index (χ2v) is 25.4. The van der Waals surface area contributed by atoms with Crippen LogP contribution in [-0.4, -0.2) is 164 Å².